The van der Waals surface area contributed by atoms with Gasteiger partial charge in [0, 0.05) is 17.5 Å². The minimum atomic E-state index is -1.07. The lowest BCUT2D eigenvalue weighted by atomic mass is 9.95. The largest absolute Gasteiger partial charge is 0.351 e. The van der Waals surface area contributed by atoms with Gasteiger partial charge >= 0.3 is 0 Å². The molecule has 0 aliphatic carbocycles. The molecule has 1 aliphatic rings. The van der Waals surface area contributed by atoms with Gasteiger partial charge in [-0.25, -0.2) is 13.2 Å². The zero-order valence-corrected chi connectivity index (χ0v) is 14.4. The first-order valence-corrected chi connectivity index (χ1v) is 8.06. The number of benzene rings is 2. The number of rotatable bonds is 3. The maximum atomic E-state index is 13.4. The van der Waals surface area contributed by atoms with E-state index in [0.717, 1.165) is 12.1 Å². The monoisotopic (exact) mass is 377 g/mol. The summed E-state index contributed by atoms with van der Waals surface area (Å²) in [4.78, 5) is 12.7. The van der Waals surface area contributed by atoms with Crippen molar-refractivity contribution in [1.82, 2.24) is 10.6 Å². The molecule has 3 N–H and O–H groups in total. The first-order chi connectivity index (χ1) is 12.3. The molecule has 2 aromatic carbocycles. The summed E-state index contributed by atoms with van der Waals surface area (Å²) in [6.45, 7) is 1.67. The van der Waals surface area contributed by atoms with E-state index in [1.54, 1.807) is 19.1 Å². The molecule has 4 nitrogen and oxygen atoms in total. The quantitative estimate of drug-likeness (QED) is 0.717. The van der Waals surface area contributed by atoms with Crippen molar-refractivity contribution in [2.24, 2.45) is 0 Å². The highest BCUT2D eigenvalue weighted by Crippen LogP contribution is 2.28. The minimum Gasteiger partial charge on any atom is -0.351 e. The van der Waals surface area contributed by atoms with E-state index in [9.17, 15) is 18.0 Å². The van der Waals surface area contributed by atoms with Crippen molar-refractivity contribution < 1.29 is 18.0 Å². The van der Waals surface area contributed by atoms with Gasteiger partial charge in [-0.1, -0.05) is 12.1 Å². The van der Waals surface area contributed by atoms with Crippen LogP contribution in [0.1, 0.15) is 18.5 Å². The summed E-state index contributed by atoms with van der Waals surface area (Å²) < 4.78 is 39.6. The van der Waals surface area contributed by atoms with Gasteiger partial charge in [0.15, 0.2) is 16.7 Å². The van der Waals surface area contributed by atoms with E-state index in [-0.39, 0.29) is 5.69 Å². The van der Waals surface area contributed by atoms with E-state index < -0.39 is 29.4 Å². The molecule has 0 radical (unpaired) electrons. The lowest BCUT2D eigenvalue weighted by Crippen LogP contribution is -2.45. The summed E-state index contributed by atoms with van der Waals surface area (Å²) in [5, 5.41) is 8.68. The first kappa shape index (κ1) is 17.9. The molecular formula is C18H14F3N3OS. The van der Waals surface area contributed by atoms with E-state index in [1.165, 1.54) is 18.2 Å². The summed E-state index contributed by atoms with van der Waals surface area (Å²) in [5.74, 6) is -3.00. The Morgan fingerprint density at radius 2 is 1.77 bits per heavy atom. The van der Waals surface area contributed by atoms with Crippen LogP contribution in [-0.2, 0) is 4.79 Å². The minimum absolute atomic E-state index is 0.111. The molecule has 0 unspecified atom stereocenters. The van der Waals surface area contributed by atoms with Gasteiger partial charge < -0.3 is 16.0 Å². The van der Waals surface area contributed by atoms with Crippen molar-refractivity contribution >= 4 is 28.9 Å². The highest BCUT2D eigenvalue weighted by atomic mass is 32.1. The standard InChI is InChI=1S/C18H14F3N3OS/c1-9-15(17(25)23-12-6-7-13(20)14(21)8-12)16(24-18(26)22-9)10-2-4-11(19)5-3-10/h2-8,16H,1H3,(H,23,25)(H2,22,24,26)/t16-/m0/s1. The molecule has 2 aromatic rings. The summed E-state index contributed by atoms with van der Waals surface area (Å²) in [5.41, 5.74) is 1.54. The van der Waals surface area contributed by atoms with Crippen LogP contribution < -0.4 is 16.0 Å². The first-order valence-electron chi connectivity index (χ1n) is 7.65. The average Bonchev–Trinajstić information content (AvgIpc) is 2.58. The molecule has 0 saturated heterocycles. The molecule has 3 rings (SSSR count). The third kappa shape index (κ3) is 3.70. The molecule has 8 heteroatoms. The van der Waals surface area contributed by atoms with Crippen LogP contribution in [0.25, 0.3) is 0 Å². The number of amides is 1. The number of carbonyl (C=O) groups excluding carboxylic acids is 1. The highest BCUT2D eigenvalue weighted by Gasteiger charge is 2.30. The number of thiocarbonyl (C=S) groups is 1. The maximum Gasteiger partial charge on any atom is 0.255 e. The fraction of sp³-hybridized carbons (Fsp3) is 0.111. The molecule has 0 spiro atoms. The van der Waals surface area contributed by atoms with Crippen LogP contribution >= 0.6 is 12.2 Å². The number of nitrogens with one attached hydrogen (secondary N) is 3. The second kappa shape index (κ2) is 7.17. The molecule has 0 fully saturated rings. The number of allylic oxidation sites excluding steroid dienone is 1. The van der Waals surface area contributed by atoms with Crippen LogP contribution in [0, 0.1) is 17.5 Å². The molecule has 134 valence electrons. The van der Waals surface area contributed by atoms with Crippen molar-refractivity contribution in [3.8, 4) is 0 Å². The number of carbonyl (C=O) groups is 1. The normalized spacial score (nSPS) is 16.8. The molecular weight excluding hydrogens is 363 g/mol. The van der Waals surface area contributed by atoms with Crippen LogP contribution in [0.15, 0.2) is 53.7 Å². The van der Waals surface area contributed by atoms with E-state index in [0.29, 0.717) is 21.9 Å². The van der Waals surface area contributed by atoms with Crippen molar-refractivity contribution in [3.63, 3.8) is 0 Å². The lowest BCUT2D eigenvalue weighted by molar-refractivity contribution is -0.113. The molecule has 1 heterocycles. The molecule has 0 bridgehead atoms. The Hall–Kier alpha value is -2.87. The topological polar surface area (TPSA) is 53.2 Å². The smallest absolute Gasteiger partial charge is 0.255 e. The second-order valence-electron chi connectivity index (χ2n) is 5.70. The Morgan fingerprint density at radius 3 is 2.42 bits per heavy atom. The lowest BCUT2D eigenvalue weighted by Gasteiger charge is -2.30. The van der Waals surface area contributed by atoms with Crippen molar-refractivity contribution in [2.75, 3.05) is 5.32 Å². The molecule has 26 heavy (non-hydrogen) atoms. The number of anilines is 1. The highest BCUT2D eigenvalue weighted by molar-refractivity contribution is 7.80. The van der Waals surface area contributed by atoms with Gasteiger partial charge in [0.25, 0.3) is 5.91 Å². The summed E-state index contributed by atoms with van der Waals surface area (Å²) in [6, 6.07) is 8.10. The molecule has 1 atom stereocenters. The molecule has 1 amide bonds. The van der Waals surface area contributed by atoms with E-state index in [1.807, 2.05) is 0 Å². The molecule has 0 aromatic heterocycles. The average molecular weight is 377 g/mol. The van der Waals surface area contributed by atoms with Crippen LogP contribution in [0.4, 0.5) is 18.9 Å². The predicted molar refractivity (Wildman–Crippen MR) is 95.7 cm³/mol. The summed E-state index contributed by atoms with van der Waals surface area (Å²) in [6.07, 6.45) is 0. The van der Waals surface area contributed by atoms with Crippen molar-refractivity contribution in [2.45, 2.75) is 13.0 Å². The van der Waals surface area contributed by atoms with Gasteiger partial charge in [-0.05, 0) is 49.0 Å². The van der Waals surface area contributed by atoms with E-state index in [2.05, 4.69) is 16.0 Å². The predicted octanol–water partition coefficient (Wildman–Crippen LogP) is 3.54. The maximum absolute atomic E-state index is 13.4. The van der Waals surface area contributed by atoms with Gasteiger partial charge in [-0.2, -0.15) is 0 Å². The van der Waals surface area contributed by atoms with Crippen molar-refractivity contribution in [3.05, 3.63) is 76.7 Å². The summed E-state index contributed by atoms with van der Waals surface area (Å²) >= 11 is 5.13. The zero-order valence-electron chi connectivity index (χ0n) is 13.6. The van der Waals surface area contributed by atoms with E-state index >= 15 is 0 Å². The fourth-order valence-electron chi connectivity index (χ4n) is 2.67. The Bertz CT molecular complexity index is 912. The molecule has 0 saturated carbocycles. The Kier molecular flexibility index (Phi) is 4.94. The van der Waals surface area contributed by atoms with Gasteiger partial charge in [-0.3, -0.25) is 4.79 Å². The Balaban J connectivity index is 1.93. The third-order valence-corrected chi connectivity index (χ3v) is 4.11. The van der Waals surface area contributed by atoms with Crippen LogP contribution in [0.2, 0.25) is 0 Å². The zero-order chi connectivity index (χ0) is 18.8. The van der Waals surface area contributed by atoms with Crippen LogP contribution in [0.3, 0.4) is 0 Å². The van der Waals surface area contributed by atoms with Gasteiger partial charge in [0.05, 0.1) is 11.6 Å². The van der Waals surface area contributed by atoms with Gasteiger partial charge in [0.2, 0.25) is 0 Å². The molecule has 1 aliphatic heterocycles. The second-order valence-corrected chi connectivity index (χ2v) is 6.11. The van der Waals surface area contributed by atoms with E-state index in [4.69, 9.17) is 12.2 Å². The van der Waals surface area contributed by atoms with Crippen LogP contribution in [0.5, 0.6) is 0 Å². The van der Waals surface area contributed by atoms with Gasteiger partial charge in [0.1, 0.15) is 5.82 Å². The summed E-state index contributed by atoms with van der Waals surface area (Å²) in [7, 11) is 0. The number of halogens is 3. The Morgan fingerprint density at radius 1 is 1.08 bits per heavy atom. The number of hydrogen-bond donors (Lipinski definition) is 3. The Labute approximate surface area is 153 Å². The van der Waals surface area contributed by atoms with Crippen molar-refractivity contribution in [1.29, 1.82) is 0 Å². The SMILES string of the molecule is CC1=C(C(=O)Nc2ccc(F)c(F)c2)[C@H](c2ccc(F)cc2)NC(=S)N1. The van der Waals surface area contributed by atoms with Crippen LogP contribution in [-0.4, -0.2) is 11.0 Å². The van der Waals surface area contributed by atoms with Gasteiger partial charge in [-0.15, -0.1) is 0 Å². The number of hydrogen-bond acceptors (Lipinski definition) is 2. The fourth-order valence-corrected chi connectivity index (χ4v) is 2.94. The third-order valence-electron chi connectivity index (χ3n) is 3.89.